The molecule has 2 aromatic carbocycles. The van der Waals surface area contributed by atoms with E-state index in [1.807, 2.05) is 12.1 Å². The van der Waals surface area contributed by atoms with Crippen LogP contribution in [0, 0.1) is 0 Å². The minimum Gasteiger partial charge on any atom is -0.507 e. The van der Waals surface area contributed by atoms with Crippen LogP contribution in [0.4, 0.5) is 5.69 Å². The van der Waals surface area contributed by atoms with Crippen molar-refractivity contribution < 1.29 is 14.6 Å². The topological polar surface area (TPSA) is 58.6 Å². The smallest absolute Gasteiger partial charge is 0.259 e. The molecule has 0 saturated carbocycles. The highest BCUT2D eigenvalue weighted by molar-refractivity contribution is 6.17. The molecule has 0 radical (unpaired) electrons. The fourth-order valence-electron chi connectivity index (χ4n) is 1.71. The van der Waals surface area contributed by atoms with Gasteiger partial charge in [-0.25, -0.2) is 0 Å². The van der Waals surface area contributed by atoms with E-state index < -0.39 is 0 Å². The number of phenolic OH excluding ortho intramolecular Hbond substituents is 1. The van der Waals surface area contributed by atoms with Crippen molar-refractivity contribution in [1.82, 2.24) is 0 Å². The summed E-state index contributed by atoms with van der Waals surface area (Å²) in [5.74, 6) is 0.404. The van der Waals surface area contributed by atoms with E-state index in [1.54, 1.807) is 18.2 Å². The Morgan fingerprint density at radius 2 is 1.95 bits per heavy atom. The number of hydrogen-bond acceptors (Lipinski definition) is 3. The van der Waals surface area contributed by atoms with Crippen LogP contribution < -0.4 is 10.1 Å². The van der Waals surface area contributed by atoms with Crippen LogP contribution in [0.15, 0.2) is 42.5 Å². The molecule has 0 fully saturated rings. The molecule has 2 rings (SSSR count). The molecule has 0 aromatic heterocycles. The van der Waals surface area contributed by atoms with E-state index in [-0.39, 0.29) is 17.2 Å². The van der Waals surface area contributed by atoms with E-state index in [0.29, 0.717) is 17.3 Å². The van der Waals surface area contributed by atoms with Crippen LogP contribution in [0.3, 0.4) is 0 Å². The molecule has 5 heteroatoms. The summed E-state index contributed by atoms with van der Waals surface area (Å²) in [5.41, 5.74) is 1.79. The molecule has 0 bridgehead atoms. The number of halogens is 1. The molecule has 4 nitrogen and oxygen atoms in total. The van der Waals surface area contributed by atoms with Crippen molar-refractivity contribution >= 4 is 23.2 Å². The van der Waals surface area contributed by atoms with Gasteiger partial charge >= 0.3 is 0 Å². The van der Waals surface area contributed by atoms with Crippen molar-refractivity contribution in [3.63, 3.8) is 0 Å². The second kappa shape index (κ2) is 6.30. The number of carbonyl (C=O) groups excluding carboxylic acids is 1. The largest absolute Gasteiger partial charge is 0.507 e. The van der Waals surface area contributed by atoms with Crippen LogP contribution in [-0.2, 0) is 5.88 Å². The number of benzene rings is 2. The summed E-state index contributed by atoms with van der Waals surface area (Å²) in [6.07, 6.45) is 0. The number of nitrogens with one attached hydrogen (secondary N) is 1. The molecule has 0 aliphatic carbocycles. The fraction of sp³-hybridized carbons (Fsp3) is 0.133. The van der Waals surface area contributed by atoms with Gasteiger partial charge in [-0.1, -0.05) is 12.1 Å². The molecular formula is C15H14ClNO3. The van der Waals surface area contributed by atoms with Crippen molar-refractivity contribution in [2.45, 2.75) is 5.88 Å². The lowest BCUT2D eigenvalue weighted by molar-refractivity contribution is 0.102. The Kier molecular flexibility index (Phi) is 4.48. The monoisotopic (exact) mass is 291 g/mol. The highest BCUT2D eigenvalue weighted by Gasteiger charge is 2.12. The molecule has 0 heterocycles. The third-order valence-electron chi connectivity index (χ3n) is 2.82. The second-order valence-electron chi connectivity index (χ2n) is 4.17. The van der Waals surface area contributed by atoms with Crippen LogP contribution in [0.25, 0.3) is 0 Å². The van der Waals surface area contributed by atoms with Crippen molar-refractivity contribution in [2.24, 2.45) is 0 Å². The van der Waals surface area contributed by atoms with Crippen LogP contribution in [0.2, 0.25) is 0 Å². The second-order valence-corrected chi connectivity index (χ2v) is 4.44. The van der Waals surface area contributed by atoms with Gasteiger partial charge < -0.3 is 15.2 Å². The number of amides is 1. The minimum atomic E-state index is -0.385. The first kappa shape index (κ1) is 14.2. The van der Waals surface area contributed by atoms with E-state index in [2.05, 4.69) is 5.32 Å². The lowest BCUT2D eigenvalue weighted by Gasteiger charge is -2.08. The van der Waals surface area contributed by atoms with Crippen LogP contribution in [-0.4, -0.2) is 18.1 Å². The normalized spacial score (nSPS) is 10.1. The lowest BCUT2D eigenvalue weighted by Crippen LogP contribution is -2.12. The number of ether oxygens (including phenoxy) is 1. The maximum atomic E-state index is 12.1. The third-order valence-corrected chi connectivity index (χ3v) is 3.12. The summed E-state index contributed by atoms with van der Waals surface area (Å²) in [6, 6.07) is 11.7. The minimum absolute atomic E-state index is 0.126. The molecule has 2 aromatic rings. The molecule has 0 saturated heterocycles. The van der Waals surface area contributed by atoms with Gasteiger partial charge in [-0.05, 0) is 29.8 Å². The standard InChI is InChI=1S/C15H14ClNO3/c1-20-12-6-7-13(14(18)8-12)15(19)17-11-4-2-10(9-16)3-5-11/h2-8,18H,9H2,1H3,(H,17,19). The number of carbonyl (C=O) groups is 1. The Balaban J connectivity index is 2.14. The van der Waals surface area contributed by atoms with Gasteiger partial charge in [0.15, 0.2) is 0 Å². The lowest BCUT2D eigenvalue weighted by atomic mass is 10.1. The van der Waals surface area contributed by atoms with E-state index in [9.17, 15) is 9.90 Å². The molecule has 20 heavy (non-hydrogen) atoms. The van der Waals surface area contributed by atoms with Crippen LogP contribution >= 0.6 is 11.6 Å². The maximum Gasteiger partial charge on any atom is 0.259 e. The molecule has 2 N–H and O–H groups in total. The predicted octanol–water partition coefficient (Wildman–Crippen LogP) is 3.39. The predicted molar refractivity (Wildman–Crippen MR) is 78.6 cm³/mol. The van der Waals surface area contributed by atoms with E-state index >= 15 is 0 Å². The quantitative estimate of drug-likeness (QED) is 0.849. The summed E-state index contributed by atoms with van der Waals surface area (Å²) < 4.78 is 4.97. The summed E-state index contributed by atoms with van der Waals surface area (Å²) >= 11 is 5.70. The van der Waals surface area contributed by atoms with Crippen LogP contribution in [0.5, 0.6) is 11.5 Å². The van der Waals surface area contributed by atoms with Crippen molar-refractivity contribution in [2.75, 3.05) is 12.4 Å². The molecular weight excluding hydrogens is 278 g/mol. The number of alkyl halides is 1. The number of aromatic hydroxyl groups is 1. The molecule has 1 amide bonds. The number of hydrogen-bond donors (Lipinski definition) is 2. The first-order valence-corrected chi connectivity index (χ1v) is 6.50. The SMILES string of the molecule is COc1ccc(C(=O)Nc2ccc(CCl)cc2)c(O)c1. The van der Waals surface area contributed by atoms with Gasteiger partial charge in [0.25, 0.3) is 5.91 Å². The molecule has 0 unspecified atom stereocenters. The Morgan fingerprint density at radius 1 is 1.25 bits per heavy atom. The summed E-state index contributed by atoms with van der Waals surface area (Å²) in [6.45, 7) is 0. The summed E-state index contributed by atoms with van der Waals surface area (Å²) in [5, 5.41) is 12.5. The van der Waals surface area contributed by atoms with E-state index in [4.69, 9.17) is 16.3 Å². The molecule has 0 spiro atoms. The average Bonchev–Trinajstić information content (AvgIpc) is 2.47. The van der Waals surface area contributed by atoms with Gasteiger partial charge in [-0.3, -0.25) is 4.79 Å². The Morgan fingerprint density at radius 3 is 2.50 bits per heavy atom. The fourth-order valence-corrected chi connectivity index (χ4v) is 1.88. The zero-order chi connectivity index (χ0) is 14.5. The number of phenols is 1. The zero-order valence-corrected chi connectivity index (χ0v) is 11.6. The summed E-state index contributed by atoms with van der Waals surface area (Å²) in [4.78, 5) is 12.1. The van der Waals surface area contributed by atoms with Crippen molar-refractivity contribution in [3.8, 4) is 11.5 Å². The Labute approximate surface area is 122 Å². The summed E-state index contributed by atoms with van der Waals surface area (Å²) in [7, 11) is 1.49. The number of methoxy groups -OCH3 is 1. The van der Waals surface area contributed by atoms with E-state index in [1.165, 1.54) is 19.2 Å². The maximum absolute atomic E-state index is 12.1. The third kappa shape index (κ3) is 3.22. The van der Waals surface area contributed by atoms with Gasteiger partial charge in [-0.2, -0.15) is 0 Å². The molecule has 0 aliphatic heterocycles. The van der Waals surface area contributed by atoms with Gasteiger partial charge in [-0.15, -0.1) is 11.6 Å². The average molecular weight is 292 g/mol. The first-order valence-electron chi connectivity index (χ1n) is 5.97. The molecule has 104 valence electrons. The van der Waals surface area contributed by atoms with Crippen molar-refractivity contribution in [1.29, 1.82) is 0 Å². The zero-order valence-electron chi connectivity index (χ0n) is 10.9. The number of rotatable bonds is 4. The Hall–Kier alpha value is -2.20. The first-order chi connectivity index (χ1) is 9.63. The van der Waals surface area contributed by atoms with Gasteiger partial charge in [0.2, 0.25) is 0 Å². The highest BCUT2D eigenvalue weighted by Crippen LogP contribution is 2.24. The molecule has 0 aliphatic rings. The van der Waals surface area contributed by atoms with Gasteiger partial charge in [0.1, 0.15) is 11.5 Å². The molecule has 0 atom stereocenters. The Bertz CT molecular complexity index is 611. The van der Waals surface area contributed by atoms with Gasteiger partial charge in [0.05, 0.1) is 12.7 Å². The van der Waals surface area contributed by atoms with E-state index in [0.717, 1.165) is 5.56 Å². The van der Waals surface area contributed by atoms with Gasteiger partial charge in [0, 0.05) is 17.6 Å². The number of anilines is 1. The highest BCUT2D eigenvalue weighted by atomic mass is 35.5. The van der Waals surface area contributed by atoms with Crippen LogP contribution in [0.1, 0.15) is 15.9 Å². The van der Waals surface area contributed by atoms with Crippen molar-refractivity contribution in [3.05, 3.63) is 53.6 Å².